The van der Waals surface area contributed by atoms with Crippen LogP contribution in [0.4, 0.5) is 9.18 Å². The zero-order chi connectivity index (χ0) is 32.3. The van der Waals surface area contributed by atoms with E-state index in [4.69, 9.17) is 23.7 Å². The third-order valence-electron chi connectivity index (χ3n) is 7.83. The number of hydrogen-bond donors (Lipinski definition) is 1. The standard InChI is InChI=1S/C33H47FN2O8/c1-21-17-33(20-40-19-27(37)35-33)26(36(21)30(39)44-32(5,6)7)18-42-23-13-11-22(12-14-23)24-9-8-10-25(34)29(24)41-16-15-28(38)43-31(2,3)4/h8-11,21,23,26H,12-20H2,1-7H3,(H,35,37)/t21-,23+,26?,33?/m1/s1. The topological polar surface area (TPSA) is 113 Å². The van der Waals surface area contributed by atoms with E-state index in [0.29, 0.717) is 31.2 Å². The highest BCUT2D eigenvalue weighted by atomic mass is 19.1. The molecule has 1 aromatic rings. The number of amides is 2. The van der Waals surface area contributed by atoms with E-state index in [1.165, 1.54) is 6.07 Å². The van der Waals surface area contributed by atoms with Gasteiger partial charge in [0.05, 0.1) is 43.9 Å². The summed E-state index contributed by atoms with van der Waals surface area (Å²) >= 11 is 0. The Morgan fingerprint density at radius 1 is 1.14 bits per heavy atom. The maximum atomic E-state index is 14.8. The minimum Gasteiger partial charge on any atom is -0.489 e. The molecule has 0 saturated carbocycles. The van der Waals surface area contributed by atoms with Gasteiger partial charge in [-0.05, 0) is 85.8 Å². The molecule has 2 aliphatic heterocycles. The molecule has 2 unspecified atom stereocenters. The summed E-state index contributed by atoms with van der Waals surface area (Å²) in [5.41, 5.74) is -0.465. The predicted octanol–water partition coefficient (Wildman–Crippen LogP) is 5.17. The molecule has 11 heteroatoms. The molecule has 0 bridgehead atoms. The molecule has 4 rings (SSSR count). The average Bonchev–Trinajstić information content (AvgIpc) is 3.16. The van der Waals surface area contributed by atoms with Crippen LogP contribution in [0, 0.1) is 5.82 Å². The molecule has 44 heavy (non-hydrogen) atoms. The molecule has 3 aliphatic rings. The number of nitrogens with one attached hydrogen (secondary N) is 1. The molecule has 1 spiro atoms. The van der Waals surface area contributed by atoms with Crippen molar-refractivity contribution in [3.05, 3.63) is 35.7 Å². The van der Waals surface area contributed by atoms with Crippen molar-refractivity contribution in [3.63, 3.8) is 0 Å². The summed E-state index contributed by atoms with van der Waals surface area (Å²) in [5.74, 6) is -1.01. The SMILES string of the molecule is C[C@@H]1CC2(COCC(=O)N2)C(CO[C@H]2CC=C(c3cccc(F)c3OCCC(=O)OC(C)(C)C)CC2)N1C(=O)OC(C)(C)C. The number of benzene rings is 1. The first-order valence-corrected chi connectivity index (χ1v) is 15.4. The van der Waals surface area contributed by atoms with Crippen molar-refractivity contribution in [2.24, 2.45) is 0 Å². The van der Waals surface area contributed by atoms with E-state index in [-0.39, 0.29) is 56.7 Å². The van der Waals surface area contributed by atoms with Crippen LogP contribution in [0.5, 0.6) is 5.75 Å². The van der Waals surface area contributed by atoms with Gasteiger partial charge in [0.15, 0.2) is 11.6 Å². The van der Waals surface area contributed by atoms with Crippen molar-refractivity contribution in [2.75, 3.05) is 26.4 Å². The highest BCUT2D eigenvalue weighted by Crippen LogP contribution is 2.39. The molecule has 0 aromatic heterocycles. The van der Waals surface area contributed by atoms with Gasteiger partial charge in [0.1, 0.15) is 17.8 Å². The maximum Gasteiger partial charge on any atom is 0.410 e. The number of hydrogen-bond acceptors (Lipinski definition) is 8. The van der Waals surface area contributed by atoms with Crippen LogP contribution in [0.15, 0.2) is 24.3 Å². The summed E-state index contributed by atoms with van der Waals surface area (Å²) in [4.78, 5) is 39.4. The van der Waals surface area contributed by atoms with Crippen molar-refractivity contribution < 1.29 is 42.5 Å². The molecule has 2 saturated heterocycles. The molecule has 244 valence electrons. The van der Waals surface area contributed by atoms with E-state index < -0.39 is 40.7 Å². The van der Waals surface area contributed by atoms with E-state index in [1.54, 1.807) is 31.7 Å². The molecule has 1 aromatic carbocycles. The summed E-state index contributed by atoms with van der Waals surface area (Å²) in [6.07, 6.45) is 3.83. The fourth-order valence-electron chi connectivity index (χ4n) is 6.13. The maximum absolute atomic E-state index is 14.8. The molecule has 2 amide bonds. The minimum absolute atomic E-state index is 0.00216. The van der Waals surface area contributed by atoms with Gasteiger partial charge in [0.2, 0.25) is 5.91 Å². The molecule has 0 radical (unpaired) electrons. The lowest BCUT2D eigenvalue weighted by Gasteiger charge is -2.41. The first-order valence-electron chi connectivity index (χ1n) is 15.4. The Morgan fingerprint density at radius 2 is 1.86 bits per heavy atom. The molecule has 1 aliphatic carbocycles. The molecular weight excluding hydrogens is 571 g/mol. The van der Waals surface area contributed by atoms with E-state index in [9.17, 15) is 18.8 Å². The summed E-state index contributed by atoms with van der Waals surface area (Å²) in [6, 6.07) is 4.12. The Kier molecular flexibility index (Phi) is 10.3. The van der Waals surface area contributed by atoms with Crippen LogP contribution in [0.3, 0.4) is 0 Å². The number of allylic oxidation sites excluding steroid dienone is 1. The number of para-hydroxylation sites is 1. The summed E-state index contributed by atoms with van der Waals surface area (Å²) in [5, 5.41) is 3.10. The van der Waals surface area contributed by atoms with E-state index in [0.717, 1.165) is 5.57 Å². The first kappa shape index (κ1) is 33.7. The minimum atomic E-state index is -0.769. The van der Waals surface area contributed by atoms with Gasteiger partial charge < -0.3 is 29.0 Å². The smallest absolute Gasteiger partial charge is 0.410 e. The number of nitrogens with zero attached hydrogens (tertiary/aromatic N) is 1. The van der Waals surface area contributed by atoms with Gasteiger partial charge in [-0.3, -0.25) is 14.5 Å². The zero-order valence-electron chi connectivity index (χ0n) is 27.0. The number of carbonyl (C=O) groups excluding carboxylic acids is 3. The predicted molar refractivity (Wildman–Crippen MR) is 162 cm³/mol. The van der Waals surface area contributed by atoms with Crippen molar-refractivity contribution in [2.45, 2.75) is 115 Å². The number of morpholine rings is 1. The second kappa shape index (κ2) is 13.4. The number of ether oxygens (including phenoxy) is 5. The highest BCUT2D eigenvalue weighted by Gasteiger charge is 2.56. The van der Waals surface area contributed by atoms with Crippen molar-refractivity contribution in [1.29, 1.82) is 0 Å². The fourth-order valence-corrected chi connectivity index (χ4v) is 6.13. The first-order chi connectivity index (χ1) is 20.6. The van der Waals surface area contributed by atoms with E-state index in [1.807, 2.05) is 39.8 Å². The molecular formula is C33H47FN2O8. The van der Waals surface area contributed by atoms with E-state index in [2.05, 4.69) is 5.32 Å². The van der Waals surface area contributed by atoms with Gasteiger partial charge in [-0.1, -0.05) is 18.2 Å². The number of likely N-dealkylation sites (tertiary alicyclic amines) is 1. The second-order valence-electron chi connectivity index (χ2n) is 13.9. The third kappa shape index (κ3) is 8.50. The number of esters is 1. The summed E-state index contributed by atoms with van der Waals surface area (Å²) < 4.78 is 43.7. The second-order valence-corrected chi connectivity index (χ2v) is 13.9. The van der Waals surface area contributed by atoms with Gasteiger partial charge in [0, 0.05) is 11.6 Å². The summed E-state index contributed by atoms with van der Waals surface area (Å²) in [6.45, 7) is 13.2. The lowest BCUT2D eigenvalue weighted by molar-refractivity contribution is -0.155. The Hall–Kier alpha value is -3.18. The number of rotatable bonds is 8. The van der Waals surface area contributed by atoms with Crippen LogP contribution in [-0.2, 0) is 28.5 Å². The van der Waals surface area contributed by atoms with Gasteiger partial charge >= 0.3 is 12.1 Å². The Labute approximate surface area is 259 Å². The number of halogens is 1. The Bertz CT molecular complexity index is 1250. The lowest BCUT2D eigenvalue weighted by Crippen LogP contribution is -2.65. The van der Waals surface area contributed by atoms with Crippen molar-refractivity contribution in [1.82, 2.24) is 10.2 Å². The molecule has 4 atom stereocenters. The molecule has 2 fully saturated rings. The van der Waals surface area contributed by atoms with Gasteiger partial charge in [-0.25, -0.2) is 9.18 Å². The molecule has 10 nitrogen and oxygen atoms in total. The lowest BCUT2D eigenvalue weighted by atomic mass is 9.88. The average molecular weight is 619 g/mol. The van der Waals surface area contributed by atoms with Crippen LogP contribution in [0.25, 0.3) is 5.57 Å². The third-order valence-corrected chi connectivity index (χ3v) is 7.83. The van der Waals surface area contributed by atoms with E-state index >= 15 is 0 Å². The summed E-state index contributed by atoms with van der Waals surface area (Å²) in [7, 11) is 0. The van der Waals surface area contributed by atoms with Crippen molar-refractivity contribution in [3.8, 4) is 5.75 Å². The van der Waals surface area contributed by atoms with Gasteiger partial charge in [-0.2, -0.15) is 0 Å². The fraction of sp³-hybridized carbons (Fsp3) is 0.667. The van der Waals surface area contributed by atoms with Gasteiger partial charge in [0.25, 0.3) is 0 Å². The highest BCUT2D eigenvalue weighted by molar-refractivity contribution is 5.79. The van der Waals surface area contributed by atoms with Crippen LogP contribution in [0.1, 0.15) is 86.1 Å². The Balaban J connectivity index is 1.42. The van der Waals surface area contributed by atoms with Gasteiger partial charge in [-0.15, -0.1) is 0 Å². The Morgan fingerprint density at radius 3 is 2.50 bits per heavy atom. The normalized spacial score (nSPS) is 25.8. The molecule has 1 N–H and O–H groups in total. The molecule has 2 heterocycles. The number of carbonyl (C=O) groups is 3. The monoisotopic (exact) mass is 618 g/mol. The van der Waals surface area contributed by atoms with Crippen LogP contribution in [0.2, 0.25) is 0 Å². The zero-order valence-corrected chi connectivity index (χ0v) is 27.0. The van der Waals surface area contributed by atoms with Crippen molar-refractivity contribution >= 4 is 23.5 Å². The van der Waals surface area contributed by atoms with Crippen LogP contribution in [-0.4, -0.2) is 84.2 Å². The quantitative estimate of drug-likeness (QED) is 0.397. The van der Waals surface area contributed by atoms with Crippen LogP contribution < -0.4 is 10.1 Å². The largest absolute Gasteiger partial charge is 0.489 e. The van der Waals surface area contributed by atoms with Crippen LogP contribution >= 0.6 is 0 Å².